The second-order valence-corrected chi connectivity index (χ2v) is 5.74. The Labute approximate surface area is 105 Å². The van der Waals surface area contributed by atoms with Crippen molar-refractivity contribution in [2.24, 2.45) is 0 Å². The summed E-state index contributed by atoms with van der Waals surface area (Å²) in [6, 6.07) is 0.0742. The molecule has 0 aliphatic carbocycles. The Morgan fingerprint density at radius 3 is 2.69 bits per heavy atom. The van der Waals surface area contributed by atoms with Crippen molar-refractivity contribution < 1.29 is 14.3 Å². The van der Waals surface area contributed by atoms with E-state index in [2.05, 4.69) is 15.9 Å². The summed E-state index contributed by atoms with van der Waals surface area (Å²) in [7, 11) is 0. The fourth-order valence-electron chi connectivity index (χ4n) is 1.49. The van der Waals surface area contributed by atoms with E-state index in [9.17, 15) is 4.79 Å². The number of nitrogens with zero attached hydrogens (tertiary/aromatic N) is 1. The van der Waals surface area contributed by atoms with Crippen molar-refractivity contribution in [3.63, 3.8) is 0 Å². The van der Waals surface area contributed by atoms with Crippen molar-refractivity contribution >= 4 is 22.0 Å². The van der Waals surface area contributed by atoms with Gasteiger partial charge >= 0.3 is 6.09 Å². The summed E-state index contributed by atoms with van der Waals surface area (Å²) in [5.74, 6) is 0. The molecule has 0 saturated carbocycles. The molecule has 0 spiro atoms. The van der Waals surface area contributed by atoms with Crippen LogP contribution in [-0.4, -0.2) is 47.2 Å². The van der Waals surface area contributed by atoms with Crippen LogP contribution < -0.4 is 0 Å². The van der Waals surface area contributed by atoms with Gasteiger partial charge < -0.3 is 14.4 Å². The highest BCUT2D eigenvalue weighted by atomic mass is 79.9. The van der Waals surface area contributed by atoms with Crippen molar-refractivity contribution in [2.45, 2.75) is 45.4 Å². The van der Waals surface area contributed by atoms with Crippen molar-refractivity contribution in [2.75, 3.05) is 18.5 Å². The van der Waals surface area contributed by atoms with Crippen LogP contribution in [-0.2, 0) is 9.47 Å². The molecule has 1 aliphatic heterocycles. The first-order chi connectivity index (χ1) is 7.33. The lowest BCUT2D eigenvalue weighted by Crippen LogP contribution is -2.52. The monoisotopic (exact) mass is 293 g/mol. The number of ether oxygens (including phenoxy) is 2. The second-order valence-electron chi connectivity index (χ2n) is 5.09. The summed E-state index contributed by atoms with van der Waals surface area (Å²) in [5, 5.41) is 0.735. The number of carbonyl (C=O) groups excluding carboxylic acids is 1. The van der Waals surface area contributed by atoms with E-state index in [-0.39, 0.29) is 18.2 Å². The molecule has 5 heteroatoms. The van der Waals surface area contributed by atoms with E-state index in [4.69, 9.17) is 9.47 Å². The van der Waals surface area contributed by atoms with Crippen LogP contribution in [0.15, 0.2) is 0 Å². The number of rotatable bonds is 1. The first-order valence-corrected chi connectivity index (χ1v) is 6.63. The van der Waals surface area contributed by atoms with Crippen LogP contribution >= 0.6 is 15.9 Å². The third kappa shape index (κ3) is 3.94. The lowest BCUT2D eigenvalue weighted by molar-refractivity contribution is -0.0567. The first kappa shape index (κ1) is 13.8. The zero-order chi connectivity index (χ0) is 12.3. The molecule has 0 aromatic rings. The lowest BCUT2D eigenvalue weighted by atomic mass is 10.2. The molecule has 0 N–H and O–H groups in total. The summed E-state index contributed by atoms with van der Waals surface area (Å²) >= 11 is 3.37. The molecule has 0 unspecified atom stereocenters. The average molecular weight is 294 g/mol. The SMILES string of the molecule is C[C@H]1CO[C@H](CBr)CN1C(=O)OC(C)(C)C. The molecule has 1 saturated heterocycles. The Morgan fingerprint density at radius 2 is 2.19 bits per heavy atom. The minimum absolute atomic E-state index is 0.0590. The minimum atomic E-state index is -0.445. The van der Waals surface area contributed by atoms with Gasteiger partial charge in [0.25, 0.3) is 0 Å². The van der Waals surface area contributed by atoms with Gasteiger partial charge in [-0.15, -0.1) is 0 Å². The van der Waals surface area contributed by atoms with Gasteiger partial charge in [-0.1, -0.05) is 15.9 Å². The van der Waals surface area contributed by atoms with Crippen LogP contribution in [0.2, 0.25) is 0 Å². The molecule has 0 bridgehead atoms. The number of hydrogen-bond donors (Lipinski definition) is 0. The molecule has 94 valence electrons. The van der Waals surface area contributed by atoms with E-state index < -0.39 is 5.60 Å². The number of amides is 1. The smallest absolute Gasteiger partial charge is 0.410 e. The normalized spacial score (nSPS) is 26.7. The van der Waals surface area contributed by atoms with E-state index in [0.717, 1.165) is 5.33 Å². The van der Waals surface area contributed by atoms with Gasteiger partial charge in [-0.05, 0) is 27.7 Å². The summed E-state index contributed by atoms with van der Waals surface area (Å²) in [4.78, 5) is 13.7. The van der Waals surface area contributed by atoms with Gasteiger partial charge in [0.1, 0.15) is 5.60 Å². The Morgan fingerprint density at radius 1 is 1.56 bits per heavy atom. The van der Waals surface area contributed by atoms with Gasteiger partial charge in [-0.3, -0.25) is 0 Å². The van der Waals surface area contributed by atoms with Gasteiger partial charge in [0, 0.05) is 5.33 Å². The van der Waals surface area contributed by atoms with Crippen molar-refractivity contribution in [3.05, 3.63) is 0 Å². The summed E-state index contributed by atoms with van der Waals surface area (Å²) < 4.78 is 10.9. The fraction of sp³-hybridized carbons (Fsp3) is 0.909. The van der Waals surface area contributed by atoms with Crippen molar-refractivity contribution in [1.29, 1.82) is 0 Å². The van der Waals surface area contributed by atoms with E-state index in [1.165, 1.54) is 0 Å². The summed E-state index contributed by atoms with van der Waals surface area (Å²) in [6.45, 7) is 8.74. The maximum Gasteiger partial charge on any atom is 0.410 e. The topological polar surface area (TPSA) is 38.8 Å². The number of alkyl halides is 1. The number of carbonyl (C=O) groups is 1. The Kier molecular flexibility index (Phi) is 4.62. The maximum absolute atomic E-state index is 11.9. The Hall–Kier alpha value is -0.290. The van der Waals surface area contributed by atoms with Crippen LogP contribution in [0.5, 0.6) is 0 Å². The van der Waals surface area contributed by atoms with Crippen LogP contribution in [0, 0.1) is 0 Å². The molecule has 4 nitrogen and oxygen atoms in total. The Bertz CT molecular complexity index is 252. The molecule has 1 aliphatic rings. The molecule has 1 amide bonds. The molecule has 16 heavy (non-hydrogen) atoms. The third-order valence-corrected chi connectivity index (χ3v) is 3.03. The predicted octanol–water partition coefficient (Wildman–Crippen LogP) is 2.41. The highest BCUT2D eigenvalue weighted by Gasteiger charge is 2.32. The predicted molar refractivity (Wildman–Crippen MR) is 65.9 cm³/mol. The minimum Gasteiger partial charge on any atom is -0.444 e. The van der Waals surface area contributed by atoms with E-state index >= 15 is 0 Å². The fourth-order valence-corrected chi connectivity index (χ4v) is 1.88. The molecule has 0 aromatic carbocycles. The van der Waals surface area contributed by atoms with Gasteiger partial charge in [0.15, 0.2) is 0 Å². The summed E-state index contributed by atoms with van der Waals surface area (Å²) in [6.07, 6.45) is -0.196. The van der Waals surface area contributed by atoms with Crippen LogP contribution in [0.25, 0.3) is 0 Å². The standard InChI is InChI=1S/C11H20BrNO3/c1-8-7-15-9(5-12)6-13(8)10(14)16-11(2,3)4/h8-9H,5-7H2,1-4H3/t8-,9+/m0/s1. The highest BCUT2D eigenvalue weighted by Crippen LogP contribution is 2.17. The summed E-state index contributed by atoms with van der Waals surface area (Å²) in [5.41, 5.74) is -0.445. The van der Waals surface area contributed by atoms with Crippen molar-refractivity contribution in [1.82, 2.24) is 4.90 Å². The molecular formula is C11H20BrNO3. The molecular weight excluding hydrogens is 274 g/mol. The highest BCUT2D eigenvalue weighted by molar-refractivity contribution is 9.09. The van der Waals surface area contributed by atoms with Crippen LogP contribution in [0.4, 0.5) is 4.79 Å². The third-order valence-electron chi connectivity index (χ3n) is 2.31. The average Bonchev–Trinajstić information content (AvgIpc) is 2.15. The zero-order valence-corrected chi connectivity index (χ0v) is 11.9. The van der Waals surface area contributed by atoms with Gasteiger partial charge in [0.2, 0.25) is 0 Å². The van der Waals surface area contributed by atoms with Crippen molar-refractivity contribution in [3.8, 4) is 0 Å². The molecule has 0 aromatic heterocycles. The molecule has 1 rings (SSSR count). The molecule has 2 atom stereocenters. The molecule has 1 fully saturated rings. The number of halogens is 1. The largest absolute Gasteiger partial charge is 0.444 e. The first-order valence-electron chi connectivity index (χ1n) is 5.50. The number of morpholine rings is 1. The van der Waals surface area contributed by atoms with Gasteiger partial charge in [-0.25, -0.2) is 4.79 Å². The molecule has 0 radical (unpaired) electrons. The zero-order valence-electron chi connectivity index (χ0n) is 10.3. The maximum atomic E-state index is 11.9. The van der Waals surface area contributed by atoms with Gasteiger partial charge in [0.05, 0.1) is 25.3 Å². The van der Waals surface area contributed by atoms with E-state index in [0.29, 0.717) is 13.2 Å². The van der Waals surface area contributed by atoms with E-state index in [1.54, 1.807) is 4.90 Å². The molecule has 1 heterocycles. The second kappa shape index (κ2) is 5.36. The van der Waals surface area contributed by atoms with Gasteiger partial charge in [-0.2, -0.15) is 0 Å². The number of hydrogen-bond acceptors (Lipinski definition) is 3. The quantitative estimate of drug-likeness (QED) is 0.697. The Balaban J connectivity index is 2.59. The lowest BCUT2D eigenvalue weighted by Gasteiger charge is -2.38. The van der Waals surface area contributed by atoms with Crippen LogP contribution in [0.1, 0.15) is 27.7 Å². The van der Waals surface area contributed by atoms with E-state index in [1.807, 2.05) is 27.7 Å². The van der Waals surface area contributed by atoms with Crippen LogP contribution in [0.3, 0.4) is 0 Å².